The number of hydrogen-bond donors (Lipinski definition) is 2. The van der Waals surface area contributed by atoms with Crippen molar-refractivity contribution in [3.05, 3.63) is 0 Å². The average molecular weight is 229 g/mol. The third-order valence-corrected chi connectivity index (χ3v) is 3.51. The third kappa shape index (κ3) is 4.81. The van der Waals surface area contributed by atoms with Gasteiger partial charge in [-0.3, -0.25) is 0 Å². The molecule has 0 aromatic rings. The SMILES string of the molecule is CCC(CCO)CNC1CC(C)OC(C)C1. The van der Waals surface area contributed by atoms with Crippen LogP contribution in [-0.4, -0.2) is 36.5 Å². The van der Waals surface area contributed by atoms with Crippen molar-refractivity contribution in [2.45, 2.75) is 64.7 Å². The molecule has 3 nitrogen and oxygen atoms in total. The average Bonchev–Trinajstić information content (AvgIpc) is 2.23. The summed E-state index contributed by atoms with van der Waals surface area (Å²) in [6.45, 7) is 7.82. The first-order valence-corrected chi connectivity index (χ1v) is 6.65. The van der Waals surface area contributed by atoms with Crippen LogP contribution in [0.15, 0.2) is 0 Å². The molecule has 3 unspecified atom stereocenters. The fourth-order valence-electron chi connectivity index (χ4n) is 2.54. The first-order chi connectivity index (χ1) is 7.65. The Hall–Kier alpha value is -0.120. The first kappa shape index (κ1) is 13.9. The summed E-state index contributed by atoms with van der Waals surface area (Å²) in [5.74, 6) is 0.610. The molecule has 3 atom stereocenters. The van der Waals surface area contributed by atoms with E-state index in [4.69, 9.17) is 9.84 Å². The van der Waals surface area contributed by atoms with Crippen LogP contribution in [-0.2, 0) is 4.74 Å². The van der Waals surface area contributed by atoms with E-state index in [1.807, 2.05) is 0 Å². The number of ether oxygens (including phenoxy) is 1. The van der Waals surface area contributed by atoms with Crippen LogP contribution in [0.5, 0.6) is 0 Å². The lowest BCUT2D eigenvalue weighted by Crippen LogP contribution is -2.43. The minimum absolute atomic E-state index is 0.306. The molecule has 0 aromatic carbocycles. The number of aliphatic hydroxyl groups excluding tert-OH is 1. The van der Waals surface area contributed by atoms with E-state index < -0.39 is 0 Å². The van der Waals surface area contributed by atoms with Gasteiger partial charge in [0.05, 0.1) is 12.2 Å². The molecule has 1 heterocycles. The maximum atomic E-state index is 8.94. The van der Waals surface area contributed by atoms with E-state index in [0.29, 0.717) is 30.8 Å². The summed E-state index contributed by atoms with van der Waals surface area (Å²) in [6, 6.07) is 0.589. The number of nitrogens with one attached hydrogen (secondary N) is 1. The lowest BCUT2D eigenvalue weighted by Gasteiger charge is -2.33. The van der Waals surface area contributed by atoms with Crippen LogP contribution in [0.25, 0.3) is 0 Å². The predicted molar refractivity (Wildman–Crippen MR) is 66.5 cm³/mol. The molecule has 0 spiro atoms. The fraction of sp³-hybridized carbons (Fsp3) is 1.00. The smallest absolute Gasteiger partial charge is 0.0565 e. The van der Waals surface area contributed by atoms with E-state index >= 15 is 0 Å². The van der Waals surface area contributed by atoms with E-state index in [9.17, 15) is 0 Å². The number of rotatable bonds is 6. The van der Waals surface area contributed by atoms with Crippen LogP contribution in [0.2, 0.25) is 0 Å². The maximum absolute atomic E-state index is 8.94. The molecule has 0 radical (unpaired) electrons. The Bertz CT molecular complexity index is 177. The maximum Gasteiger partial charge on any atom is 0.0565 e. The molecule has 1 fully saturated rings. The molecule has 16 heavy (non-hydrogen) atoms. The summed E-state index contributed by atoms with van der Waals surface area (Å²) in [5, 5.41) is 12.6. The van der Waals surface area contributed by atoms with Gasteiger partial charge >= 0.3 is 0 Å². The zero-order valence-corrected chi connectivity index (χ0v) is 10.9. The Morgan fingerprint density at radius 1 is 1.31 bits per heavy atom. The van der Waals surface area contributed by atoms with Gasteiger partial charge in [0.2, 0.25) is 0 Å². The first-order valence-electron chi connectivity index (χ1n) is 6.65. The molecule has 1 saturated heterocycles. The fourth-order valence-corrected chi connectivity index (χ4v) is 2.54. The van der Waals surface area contributed by atoms with Crippen molar-refractivity contribution in [1.29, 1.82) is 0 Å². The Labute approximate surface area is 99.6 Å². The van der Waals surface area contributed by atoms with Gasteiger partial charge in [-0.2, -0.15) is 0 Å². The van der Waals surface area contributed by atoms with Crippen molar-refractivity contribution < 1.29 is 9.84 Å². The molecule has 96 valence electrons. The standard InChI is InChI=1S/C13H27NO2/c1-4-12(5-6-15)9-14-13-7-10(2)16-11(3)8-13/h10-15H,4-9H2,1-3H3. The summed E-state index contributed by atoms with van der Waals surface area (Å²) in [6.07, 6.45) is 5.03. The summed E-state index contributed by atoms with van der Waals surface area (Å²) in [7, 11) is 0. The highest BCUT2D eigenvalue weighted by Gasteiger charge is 2.24. The quantitative estimate of drug-likeness (QED) is 0.731. The van der Waals surface area contributed by atoms with E-state index in [0.717, 1.165) is 32.2 Å². The zero-order chi connectivity index (χ0) is 12.0. The monoisotopic (exact) mass is 229 g/mol. The molecule has 1 aliphatic rings. The highest BCUT2D eigenvalue weighted by molar-refractivity contribution is 4.79. The zero-order valence-electron chi connectivity index (χ0n) is 10.9. The highest BCUT2D eigenvalue weighted by Crippen LogP contribution is 2.19. The lowest BCUT2D eigenvalue weighted by atomic mass is 9.97. The number of aliphatic hydroxyl groups is 1. The van der Waals surface area contributed by atoms with Gasteiger partial charge in [0, 0.05) is 12.6 Å². The summed E-state index contributed by atoms with van der Waals surface area (Å²) in [4.78, 5) is 0. The van der Waals surface area contributed by atoms with Gasteiger partial charge in [-0.15, -0.1) is 0 Å². The Balaban J connectivity index is 2.25. The molecule has 1 rings (SSSR count). The van der Waals surface area contributed by atoms with Crippen LogP contribution in [0.1, 0.15) is 46.5 Å². The molecule has 0 aliphatic carbocycles. The van der Waals surface area contributed by atoms with E-state index in [1.165, 1.54) is 0 Å². The van der Waals surface area contributed by atoms with Crippen LogP contribution in [0, 0.1) is 5.92 Å². The van der Waals surface area contributed by atoms with Gasteiger partial charge in [-0.1, -0.05) is 13.3 Å². The predicted octanol–water partition coefficient (Wildman–Crippen LogP) is 1.94. The van der Waals surface area contributed by atoms with Crippen molar-refractivity contribution in [3.63, 3.8) is 0 Å². The topological polar surface area (TPSA) is 41.5 Å². The van der Waals surface area contributed by atoms with Gasteiger partial charge in [0.1, 0.15) is 0 Å². The van der Waals surface area contributed by atoms with Gasteiger partial charge < -0.3 is 15.2 Å². The molecule has 1 aliphatic heterocycles. The molecule has 0 amide bonds. The minimum Gasteiger partial charge on any atom is -0.396 e. The van der Waals surface area contributed by atoms with Crippen molar-refractivity contribution in [2.24, 2.45) is 5.92 Å². The van der Waals surface area contributed by atoms with Crippen LogP contribution in [0.4, 0.5) is 0 Å². The molecular formula is C13H27NO2. The van der Waals surface area contributed by atoms with Crippen LogP contribution >= 0.6 is 0 Å². The van der Waals surface area contributed by atoms with E-state index in [2.05, 4.69) is 26.1 Å². The van der Waals surface area contributed by atoms with Gasteiger partial charge in [0.25, 0.3) is 0 Å². The van der Waals surface area contributed by atoms with Crippen molar-refractivity contribution in [3.8, 4) is 0 Å². The van der Waals surface area contributed by atoms with Gasteiger partial charge in [0.15, 0.2) is 0 Å². The summed E-state index contributed by atoms with van der Waals surface area (Å²) in [5.41, 5.74) is 0. The molecular weight excluding hydrogens is 202 g/mol. The second-order valence-electron chi connectivity index (χ2n) is 5.12. The largest absolute Gasteiger partial charge is 0.396 e. The van der Waals surface area contributed by atoms with E-state index in [1.54, 1.807) is 0 Å². The summed E-state index contributed by atoms with van der Waals surface area (Å²) >= 11 is 0. The molecule has 0 bridgehead atoms. The second-order valence-corrected chi connectivity index (χ2v) is 5.12. The third-order valence-electron chi connectivity index (χ3n) is 3.51. The van der Waals surface area contributed by atoms with Crippen molar-refractivity contribution >= 4 is 0 Å². The Morgan fingerprint density at radius 2 is 1.94 bits per heavy atom. The molecule has 0 aromatic heterocycles. The highest BCUT2D eigenvalue weighted by atomic mass is 16.5. The second kappa shape index (κ2) is 7.25. The molecule has 2 N–H and O–H groups in total. The van der Waals surface area contributed by atoms with Gasteiger partial charge in [-0.25, -0.2) is 0 Å². The Kier molecular flexibility index (Phi) is 6.32. The van der Waals surface area contributed by atoms with Crippen LogP contribution < -0.4 is 5.32 Å². The summed E-state index contributed by atoms with van der Waals surface area (Å²) < 4.78 is 5.72. The molecule has 0 saturated carbocycles. The van der Waals surface area contributed by atoms with Crippen LogP contribution in [0.3, 0.4) is 0 Å². The Morgan fingerprint density at radius 3 is 2.44 bits per heavy atom. The normalized spacial score (nSPS) is 32.6. The van der Waals surface area contributed by atoms with Gasteiger partial charge in [-0.05, 0) is 45.6 Å². The lowest BCUT2D eigenvalue weighted by molar-refractivity contribution is -0.0425. The minimum atomic E-state index is 0.306. The van der Waals surface area contributed by atoms with Crippen molar-refractivity contribution in [2.75, 3.05) is 13.2 Å². The number of hydrogen-bond acceptors (Lipinski definition) is 3. The van der Waals surface area contributed by atoms with Crippen molar-refractivity contribution in [1.82, 2.24) is 5.32 Å². The molecule has 3 heteroatoms. The van der Waals surface area contributed by atoms with E-state index in [-0.39, 0.29) is 0 Å².